The highest BCUT2D eigenvalue weighted by Gasteiger charge is 2.33. The SMILES string of the molecule is CC1CCC(CCNc2cc(Br)ccc2C(F)(F)F)CC1. The van der Waals surface area contributed by atoms with Crippen molar-refractivity contribution in [3.05, 3.63) is 28.2 Å². The summed E-state index contributed by atoms with van der Waals surface area (Å²) in [5.74, 6) is 1.45. The summed E-state index contributed by atoms with van der Waals surface area (Å²) in [6.45, 7) is 2.87. The second-order valence-electron chi connectivity index (χ2n) is 6.03. The van der Waals surface area contributed by atoms with Crippen molar-refractivity contribution in [1.29, 1.82) is 0 Å². The van der Waals surface area contributed by atoms with Crippen LogP contribution in [0.2, 0.25) is 0 Å². The van der Waals surface area contributed by atoms with E-state index in [0.29, 0.717) is 16.9 Å². The van der Waals surface area contributed by atoms with Crippen molar-refractivity contribution in [2.45, 2.75) is 45.2 Å². The third-order valence-corrected chi connectivity index (χ3v) is 4.78. The van der Waals surface area contributed by atoms with Crippen LogP contribution >= 0.6 is 15.9 Å². The quantitative estimate of drug-likeness (QED) is 0.681. The molecule has 118 valence electrons. The molecule has 1 aromatic carbocycles. The number of hydrogen-bond acceptors (Lipinski definition) is 1. The number of halogens is 4. The van der Waals surface area contributed by atoms with Gasteiger partial charge in [-0.25, -0.2) is 0 Å². The summed E-state index contributed by atoms with van der Waals surface area (Å²) in [6, 6.07) is 4.05. The van der Waals surface area contributed by atoms with Crippen molar-refractivity contribution in [2.75, 3.05) is 11.9 Å². The molecule has 0 bridgehead atoms. The van der Waals surface area contributed by atoms with E-state index in [4.69, 9.17) is 0 Å². The molecule has 21 heavy (non-hydrogen) atoms. The number of benzene rings is 1. The lowest BCUT2D eigenvalue weighted by atomic mass is 9.81. The van der Waals surface area contributed by atoms with Crippen LogP contribution in [0.15, 0.2) is 22.7 Å². The van der Waals surface area contributed by atoms with Crippen LogP contribution in [0, 0.1) is 11.8 Å². The maximum absolute atomic E-state index is 12.9. The first-order valence-electron chi connectivity index (χ1n) is 7.47. The molecule has 0 spiro atoms. The first kappa shape index (κ1) is 16.7. The normalized spacial score (nSPS) is 23.1. The molecule has 2 rings (SSSR count). The Labute approximate surface area is 132 Å². The van der Waals surface area contributed by atoms with E-state index < -0.39 is 11.7 Å². The topological polar surface area (TPSA) is 12.0 Å². The van der Waals surface area contributed by atoms with Crippen LogP contribution in [0.4, 0.5) is 18.9 Å². The fourth-order valence-electron chi connectivity index (χ4n) is 2.94. The van der Waals surface area contributed by atoms with Gasteiger partial charge in [-0.3, -0.25) is 0 Å². The van der Waals surface area contributed by atoms with Crippen LogP contribution in [0.1, 0.15) is 44.6 Å². The molecule has 0 aliphatic heterocycles. The average Bonchev–Trinajstić information content (AvgIpc) is 2.40. The molecule has 0 saturated heterocycles. The van der Waals surface area contributed by atoms with Crippen LogP contribution in [0.5, 0.6) is 0 Å². The number of alkyl halides is 3. The summed E-state index contributed by atoms with van der Waals surface area (Å²) in [5, 5.41) is 2.97. The smallest absolute Gasteiger partial charge is 0.385 e. The Hall–Kier alpha value is -0.710. The first-order chi connectivity index (χ1) is 9.86. The van der Waals surface area contributed by atoms with Gasteiger partial charge in [-0.05, 0) is 36.5 Å². The fourth-order valence-corrected chi connectivity index (χ4v) is 3.30. The standard InChI is InChI=1S/C16H21BrF3N/c1-11-2-4-12(5-3-11)8-9-21-15-10-13(17)6-7-14(15)16(18,19)20/h6-7,10-12,21H,2-5,8-9H2,1H3. The lowest BCUT2D eigenvalue weighted by Gasteiger charge is -2.26. The van der Waals surface area contributed by atoms with Gasteiger partial charge in [0, 0.05) is 16.7 Å². The Bertz CT molecular complexity index is 465. The summed E-state index contributed by atoms with van der Waals surface area (Å²) >= 11 is 3.23. The molecule has 5 heteroatoms. The Balaban J connectivity index is 1.92. The van der Waals surface area contributed by atoms with Crippen molar-refractivity contribution in [3.63, 3.8) is 0 Å². The minimum absolute atomic E-state index is 0.168. The van der Waals surface area contributed by atoms with Crippen LogP contribution in [0.25, 0.3) is 0 Å². The van der Waals surface area contributed by atoms with Gasteiger partial charge in [0.25, 0.3) is 0 Å². The minimum atomic E-state index is -4.32. The van der Waals surface area contributed by atoms with Gasteiger partial charge in [0.15, 0.2) is 0 Å². The molecule has 0 atom stereocenters. The van der Waals surface area contributed by atoms with Gasteiger partial charge >= 0.3 is 6.18 Å². The van der Waals surface area contributed by atoms with Crippen LogP contribution in [-0.2, 0) is 6.18 Å². The van der Waals surface area contributed by atoms with Crippen LogP contribution in [-0.4, -0.2) is 6.54 Å². The second kappa shape index (κ2) is 7.03. The average molecular weight is 364 g/mol. The summed E-state index contributed by atoms with van der Waals surface area (Å²) < 4.78 is 39.5. The maximum atomic E-state index is 12.9. The zero-order valence-electron chi connectivity index (χ0n) is 12.1. The van der Waals surface area contributed by atoms with Crippen molar-refractivity contribution in [3.8, 4) is 0 Å². The molecule has 1 aliphatic rings. The highest BCUT2D eigenvalue weighted by atomic mass is 79.9. The molecule has 1 aromatic rings. The van der Waals surface area contributed by atoms with Gasteiger partial charge in [-0.2, -0.15) is 13.2 Å². The monoisotopic (exact) mass is 363 g/mol. The molecule has 1 aliphatic carbocycles. The Morgan fingerprint density at radius 2 is 1.86 bits per heavy atom. The molecule has 0 radical (unpaired) electrons. The zero-order chi connectivity index (χ0) is 15.5. The molecule has 1 N–H and O–H groups in total. The highest BCUT2D eigenvalue weighted by Crippen LogP contribution is 2.36. The molecular weight excluding hydrogens is 343 g/mol. The number of nitrogens with one attached hydrogen (secondary N) is 1. The van der Waals surface area contributed by atoms with E-state index in [0.717, 1.165) is 18.4 Å². The summed E-state index contributed by atoms with van der Waals surface area (Å²) in [5.41, 5.74) is -0.427. The van der Waals surface area contributed by atoms with Gasteiger partial charge in [0.2, 0.25) is 0 Å². The van der Waals surface area contributed by atoms with E-state index in [1.165, 1.54) is 37.8 Å². The van der Waals surface area contributed by atoms with Gasteiger partial charge in [-0.1, -0.05) is 48.5 Å². The summed E-state index contributed by atoms with van der Waals surface area (Å²) in [7, 11) is 0. The molecular formula is C16H21BrF3N. The van der Waals surface area contributed by atoms with E-state index in [9.17, 15) is 13.2 Å². The van der Waals surface area contributed by atoms with E-state index in [2.05, 4.69) is 28.2 Å². The molecule has 1 nitrogen and oxygen atoms in total. The maximum Gasteiger partial charge on any atom is 0.418 e. The van der Waals surface area contributed by atoms with Crippen molar-refractivity contribution in [2.24, 2.45) is 11.8 Å². The van der Waals surface area contributed by atoms with Crippen LogP contribution in [0.3, 0.4) is 0 Å². The van der Waals surface area contributed by atoms with Gasteiger partial charge in [-0.15, -0.1) is 0 Å². The third kappa shape index (κ3) is 4.90. The summed E-state index contributed by atoms with van der Waals surface area (Å²) in [6.07, 6.45) is 1.52. The Kier molecular flexibility index (Phi) is 5.58. The second-order valence-corrected chi connectivity index (χ2v) is 6.94. The van der Waals surface area contributed by atoms with E-state index in [1.807, 2.05) is 0 Å². The van der Waals surface area contributed by atoms with E-state index in [-0.39, 0.29) is 5.69 Å². The molecule has 0 amide bonds. The van der Waals surface area contributed by atoms with E-state index >= 15 is 0 Å². The minimum Gasteiger partial charge on any atom is -0.385 e. The predicted molar refractivity (Wildman–Crippen MR) is 83.4 cm³/mol. The summed E-state index contributed by atoms with van der Waals surface area (Å²) in [4.78, 5) is 0. The molecule has 0 unspecified atom stereocenters. The van der Waals surface area contributed by atoms with Gasteiger partial charge < -0.3 is 5.32 Å². The zero-order valence-corrected chi connectivity index (χ0v) is 13.7. The number of hydrogen-bond donors (Lipinski definition) is 1. The molecule has 1 saturated carbocycles. The third-order valence-electron chi connectivity index (χ3n) is 4.29. The Morgan fingerprint density at radius 3 is 2.48 bits per heavy atom. The van der Waals surface area contributed by atoms with Gasteiger partial charge in [0.05, 0.1) is 5.56 Å². The van der Waals surface area contributed by atoms with E-state index in [1.54, 1.807) is 0 Å². The van der Waals surface area contributed by atoms with Crippen molar-refractivity contribution in [1.82, 2.24) is 0 Å². The largest absolute Gasteiger partial charge is 0.418 e. The fraction of sp³-hybridized carbons (Fsp3) is 0.625. The Morgan fingerprint density at radius 1 is 1.19 bits per heavy atom. The predicted octanol–water partition coefficient (Wildman–Crippen LogP) is 6.10. The lowest BCUT2D eigenvalue weighted by Crippen LogP contribution is -2.17. The molecule has 1 fully saturated rings. The molecule has 0 heterocycles. The van der Waals surface area contributed by atoms with Crippen molar-refractivity contribution >= 4 is 21.6 Å². The number of rotatable bonds is 4. The lowest BCUT2D eigenvalue weighted by molar-refractivity contribution is -0.137. The molecule has 0 aromatic heterocycles. The van der Waals surface area contributed by atoms with Gasteiger partial charge in [0.1, 0.15) is 0 Å². The number of anilines is 1. The van der Waals surface area contributed by atoms with Crippen LogP contribution < -0.4 is 5.32 Å². The highest BCUT2D eigenvalue weighted by molar-refractivity contribution is 9.10. The van der Waals surface area contributed by atoms with Crippen molar-refractivity contribution < 1.29 is 13.2 Å². The first-order valence-corrected chi connectivity index (χ1v) is 8.26.